The molecule has 0 unspecified atom stereocenters. The Hall–Kier alpha value is -1.56. The Morgan fingerprint density at radius 1 is 0.324 bits per heavy atom. The van der Waals surface area contributed by atoms with Crippen molar-refractivity contribution in [3.63, 3.8) is 0 Å². The van der Waals surface area contributed by atoms with Gasteiger partial charge in [-0.25, -0.2) is 0 Å². The molecule has 0 radical (unpaired) electrons. The average molecular weight is 505 g/mol. The molecule has 0 nitrogen and oxygen atoms in total. The molecule has 2 aromatic rings. The third-order valence-electron chi connectivity index (χ3n) is 8.22. The van der Waals surface area contributed by atoms with E-state index in [0.717, 1.165) is 6.42 Å². The molecule has 0 aromatic heterocycles. The van der Waals surface area contributed by atoms with Crippen LogP contribution in [0.3, 0.4) is 0 Å². The first-order chi connectivity index (χ1) is 18.3. The molecule has 0 bridgehead atoms. The summed E-state index contributed by atoms with van der Waals surface area (Å²) in [4.78, 5) is 0. The van der Waals surface area contributed by atoms with E-state index in [-0.39, 0.29) is 0 Å². The van der Waals surface area contributed by atoms with Crippen LogP contribution in [0.15, 0.2) is 48.5 Å². The molecule has 0 heterocycles. The van der Waals surface area contributed by atoms with Crippen LogP contribution < -0.4 is 0 Å². The third-order valence-corrected chi connectivity index (χ3v) is 8.22. The molecule has 37 heavy (non-hydrogen) atoms. The van der Waals surface area contributed by atoms with Crippen molar-refractivity contribution in [1.29, 1.82) is 0 Å². The largest absolute Gasteiger partial charge is 0.0654 e. The monoisotopic (exact) mass is 504 g/mol. The first-order valence-corrected chi connectivity index (χ1v) is 16.5. The van der Waals surface area contributed by atoms with Crippen molar-refractivity contribution in [3.8, 4) is 0 Å². The van der Waals surface area contributed by atoms with E-state index >= 15 is 0 Å². The summed E-state index contributed by atoms with van der Waals surface area (Å²) in [6.07, 6.45) is 31.8. The fourth-order valence-corrected chi connectivity index (χ4v) is 5.76. The van der Waals surface area contributed by atoms with Crippen LogP contribution in [0, 0.1) is 0 Å². The van der Waals surface area contributed by atoms with E-state index in [4.69, 9.17) is 0 Å². The second-order valence-corrected chi connectivity index (χ2v) is 11.6. The lowest BCUT2D eigenvalue weighted by molar-refractivity contribution is 0.556. The average Bonchev–Trinajstić information content (AvgIpc) is 2.92. The molecule has 0 saturated heterocycles. The third kappa shape index (κ3) is 15.4. The second kappa shape index (κ2) is 22.4. The van der Waals surface area contributed by atoms with E-state index in [2.05, 4.69) is 62.4 Å². The van der Waals surface area contributed by atoms with Gasteiger partial charge in [0, 0.05) is 0 Å². The molecule has 0 atom stereocenters. The van der Waals surface area contributed by atoms with Crippen molar-refractivity contribution in [1.82, 2.24) is 0 Å². The topological polar surface area (TPSA) is 0 Å². The summed E-state index contributed by atoms with van der Waals surface area (Å²) in [7, 11) is 0. The van der Waals surface area contributed by atoms with Crippen molar-refractivity contribution < 1.29 is 0 Å². The van der Waals surface area contributed by atoms with Gasteiger partial charge in [-0.15, -0.1) is 0 Å². The number of hydrogen-bond donors (Lipinski definition) is 0. The van der Waals surface area contributed by atoms with Gasteiger partial charge < -0.3 is 0 Å². The number of hydrogen-bond acceptors (Lipinski definition) is 0. The summed E-state index contributed by atoms with van der Waals surface area (Å²) in [6, 6.07) is 18.5. The number of aryl methyl sites for hydroxylation is 2. The van der Waals surface area contributed by atoms with Gasteiger partial charge in [0.1, 0.15) is 0 Å². The predicted octanol–water partition coefficient (Wildman–Crippen LogP) is 12.2. The minimum atomic E-state index is 1.10. The van der Waals surface area contributed by atoms with Gasteiger partial charge in [-0.3, -0.25) is 0 Å². The van der Waals surface area contributed by atoms with Crippen LogP contribution in [-0.4, -0.2) is 0 Å². The van der Waals surface area contributed by atoms with Crippen molar-refractivity contribution in [3.05, 3.63) is 70.8 Å². The van der Waals surface area contributed by atoms with Gasteiger partial charge >= 0.3 is 0 Å². The summed E-state index contributed by atoms with van der Waals surface area (Å²) < 4.78 is 0. The standard InChI is InChI=1S/C37H60/c1-3-5-7-9-11-13-15-17-19-21-27-34-29-23-25-31-36(34)33-37-32-26-24-30-35(37)28-22-20-18-16-14-12-10-8-6-4-2/h23-26,29-32H,3-22,27-28,33H2,1-2H3. The van der Waals surface area contributed by atoms with E-state index in [9.17, 15) is 0 Å². The van der Waals surface area contributed by atoms with Crippen LogP contribution in [0.5, 0.6) is 0 Å². The number of benzene rings is 2. The number of unbranched alkanes of at least 4 members (excludes halogenated alkanes) is 18. The molecular formula is C37H60. The highest BCUT2D eigenvalue weighted by molar-refractivity contribution is 5.36. The Labute approximate surface area is 232 Å². The highest BCUT2D eigenvalue weighted by Gasteiger charge is 2.07. The highest BCUT2D eigenvalue weighted by Crippen LogP contribution is 2.22. The molecule has 0 aliphatic heterocycles. The van der Waals surface area contributed by atoms with Gasteiger partial charge in [-0.05, 0) is 54.4 Å². The lowest BCUT2D eigenvalue weighted by Gasteiger charge is -2.13. The SMILES string of the molecule is CCCCCCCCCCCCc1ccccc1Cc1ccccc1CCCCCCCCCCCC. The first kappa shape index (κ1) is 31.7. The minimum absolute atomic E-state index is 1.10. The lowest BCUT2D eigenvalue weighted by Crippen LogP contribution is -2.00. The van der Waals surface area contributed by atoms with Crippen molar-refractivity contribution in [2.75, 3.05) is 0 Å². The molecule has 0 amide bonds. The second-order valence-electron chi connectivity index (χ2n) is 11.6. The summed E-state index contributed by atoms with van der Waals surface area (Å²) >= 11 is 0. The Balaban J connectivity index is 1.67. The van der Waals surface area contributed by atoms with E-state index in [1.54, 1.807) is 22.3 Å². The number of rotatable bonds is 24. The molecule has 0 spiro atoms. The van der Waals surface area contributed by atoms with Gasteiger partial charge in [0.25, 0.3) is 0 Å². The zero-order valence-electron chi connectivity index (χ0n) is 24.9. The van der Waals surface area contributed by atoms with E-state index < -0.39 is 0 Å². The molecule has 208 valence electrons. The van der Waals surface area contributed by atoms with Gasteiger partial charge in [-0.2, -0.15) is 0 Å². The molecular weight excluding hydrogens is 444 g/mol. The Morgan fingerprint density at radius 3 is 0.919 bits per heavy atom. The Morgan fingerprint density at radius 2 is 0.595 bits per heavy atom. The molecule has 0 saturated carbocycles. The highest BCUT2D eigenvalue weighted by atomic mass is 14.1. The van der Waals surface area contributed by atoms with Crippen LogP contribution in [-0.2, 0) is 19.3 Å². The minimum Gasteiger partial charge on any atom is -0.0654 e. The molecule has 2 rings (SSSR count). The van der Waals surface area contributed by atoms with Crippen LogP contribution in [0.1, 0.15) is 165 Å². The molecule has 2 aromatic carbocycles. The van der Waals surface area contributed by atoms with Crippen LogP contribution in [0.4, 0.5) is 0 Å². The quantitative estimate of drug-likeness (QED) is 0.125. The molecule has 0 N–H and O–H groups in total. The maximum Gasteiger partial charge on any atom is -0.00203 e. The Kier molecular flexibility index (Phi) is 19.2. The predicted molar refractivity (Wildman–Crippen MR) is 167 cm³/mol. The normalized spacial score (nSPS) is 11.3. The molecule has 0 aliphatic carbocycles. The summed E-state index contributed by atoms with van der Waals surface area (Å²) in [5.41, 5.74) is 6.26. The van der Waals surface area contributed by atoms with Crippen LogP contribution >= 0.6 is 0 Å². The lowest BCUT2D eigenvalue weighted by atomic mass is 9.92. The van der Waals surface area contributed by atoms with Crippen molar-refractivity contribution in [2.45, 2.75) is 162 Å². The molecule has 0 aliphatic rings. The van der Waals surface area contributed by atoms with Crippen LogP contribution in [0.2, 0.25) is 0 Å². The van der Waals surface area contributed by atoms with Gasteiger partial charge in [0.15, 0.2) is 0 Å². The fourth-order valence-electron chi connectivity index (χ4n) is 5.76. The maximum atomic E-state index is 2.38. The van der Waals surface area contributed by atoms with E-state index in [1.165, 1.54) is 141 Å². The smallest absolute Gasteiger partial charge is 0.00203 e. The first-order valence-electron chi connectivity index (χ1n) is 16.5. The van der Waals surface area contributed by atoms with Gasteiger partial charge in [-0.1, -0.05) is 178 Å². The summed E-state index contributed by atoms with van der Waals surface area (Å²) in [5, 5.41) is 0. The Bertz CT molecular complexity index is 708. The zero-order valence-corrected chi connectivity index (χ0v) is 24.9. The van der Waals surface area contributed by atoms with E-state index in [0.29, 0.717) is 0 Å². The van der Waals surface area contributed by atoms with Gasteiger partial charge in [0.05, 0.1) is 0 Å². The summed E-state index contributed by atoms with van der Waals surface area (Å²) in [5.74, 6) is 0. The molecule has 0 heteroatoms. The summed E-state index contributed by atoms with van der Waals surface area (Å²) in [6.45, 7) is 4.60. The van der Waals surface area contributed by atoms with Crippen molar-refractivity contribution in [2.24, 2.45) is 0 Å². The van der Waals surface area contributed by atoms with Crippen LogP contribution in [0.25, 0.3) is 0 Å². The maximum absolute atomic E-state index is 2.38. The van der Waals surface area contributed by atoms with E-state index in [1.807, 2.05) is 0 Å². The molecule has 0 fully saturated rings. The van der Waals surface area contributed by atoms with Gasteiger partial charge in [0.2, 0.25) is 0 Å². The zero-order chi connectivity index (χ0) is 26.2. The fraction of sp³-hybridized carbons (Fsp3) is 0.676. The van der Waals surface area contributed by atoms with Crippen molar-refractivity contribution >= 4 is 0 Å².